The standard InChI is InChI=1S/C15H22N2/c1-12-7-5-6-10-14(12)11-17-15(16)13-8-3-2-4-9-13/h2-4,8-9,12,14H,5-7,10-11H2,1H3,(H2,16,17). The second-order valence-electron chi connectivity index (χ2n) is 5.11. The van der Waals surface area contributed by atoms with Gasteiger partial charge in [-0.3, -0.25) is 4.99 Å². The van der Waals surface area contributed by atoms with Gasteiger partial charge in [0, 0.05) is 12.1 Å². The summed E-state index contributed by atoms with van der Waals surface area (Å²) in [6.07, 6.45) is 5.41. The zero-order valence-corrected chi connectivity index (χ0v) is 10.6. The quantitative estimate of drug-likeness (QED) is 0.628. The van der Waals surface area contributed by atoms with Crippen LogP contribution in [0.3, 0.4) is 0 Å². The van der Waals surface area contributed by atoms with Gasteiger partial charge in [0.2, 0.25) is 0 Å². The van der Waals surface area contributed by atoms with Crippen LogP contribution in [0.4, 0.5) is 0 Å². The largest absolute Gasteiger partial charge is 0.384 e. The van der Waals surface area contributed by atoms with Gasteiger partial charge in [0.05, 0.1) is 0 Å². The summed E-state index contributed by atoms with van der Waals surface area (Å²) in [5.41, 5.74) is 7.05. The maximum Gasteiger partial charge on any atom is 0.125 e. The lowest BCUT2D eigenvalue weighted by Crippen LogP contribution is -2.22. The summed E-state index contributed by atoms with van der Waals surface area (Å²) < 4.78 is 0. The summed E-state index contributed by atoms with van der Waals surface area (Å²) in [7, 11) is 0. The molecule has 2 unspecified atom stereocenters. The summed E-state index contributed by atoms with van der Waals surface area (Å²) in [5, 5.41) is 0. The molecule has 1 saturated carbocycles. The maximum absolute atomic E-state index is 6.01. The molecule has 0 spiro atoms. The van der Waals surface area contributed by atoms with Gasteiger partial charge in [0.15, 0.2) is 0 Å². The molecule has 17 heavy (non-hydrogen) atoms. The molecular formula is C15H22N2. The molecule has 2 N–H and O–H groups in total. The van der Waals surface area contributed by atoms with Gasteiger partial charge >= 0.3 is 0 Å². The van der Waals surface area contributed by atoms with Gasteiger partial charge in [0.25, 0.3) is 0 Å². The highest BCUT2D eigenvalue weighted by Crippen LogP contribution is 2.29. The lowest BCUT2D eigenvalue weighted by atomic mass is 9.80. The van der Waals surface area contributed by atoms with Crippen molar-refractivity contribution in [2.24, 2.45) is 22.6 Å². The predicted molar refractivity (Wildman–Crippen MR) is 73.2 cm³/mol. The number of rotatable bonds is 3. The molecule has 0 radical (unpaired) electrons. The highest BCUT2D eigenvalue weighted by molar-refractivity contribution is 5.97. The van der Waals surface area contributed by atoms with Crippen LogP contribution in [0.15, 0.2) is 35.3 Å². The summed E-state index contributed by atoms with van der Waals surface area (Å²) in [6, 6.07) is 10.0. The molecule has 0 aliphatic heterocycles. The monoisotopic (exact) mass is 230 g/mol. The van der Waals surface area contributed by atoms with Gasteiger partial charge in [-0.1, -0.05) is 56.5 Å². The van der Waals surface area contributed by atoms with Gasteiger partial charge in [0.1, 0.15) is 5.84 Å². The molecule has 1 aromatic rings. The van der Waals surface area contributed by atoms with Gasteiger partial charge < -0.3 is 5.73 Å². The SMILES string of the molecule is CC1CCCCC1CN=C(N)c1ccccc1. The number of aliphatic imine (C=N–C) groups is 1. The first-order chi connectivity index (χ1) is 8.27. The third kappa shape index (κ3) is 3.32. The molecule has 92 valence electrons. The van der Waals surface area contributed by atoms with E-state index in [2.05, 4.69) is 11.9 Å². The number of hydrogen-bond acceptors (Lipinski definition) is 1. The Bertz CT molecular complexity index is 370. The van der Waals surface area contributed by atoms with Crippen molar-refractivity contribution >= 4 is 5.84 Å². The lowest BCUT2D eigenvalue weighted by molar-refractivity contribution is 0.264. The van der Waals surface area contributed by atoms with Crippen LogP contribution in [-0.2, 0) is 0 Å². The third-order valence-corrected chi connectivity index (χ3v) is 3.85. The van der Waals surface area contributed by atoms with Crippen LogP contribution in [0.5, 0.6) is 0 Å². The van der Waals surface area contributed by atoms with E-state index in [-0.39, 0.29) is 0 Å². The van der Waals surface area contributed by atoms with E-state index in [1.54, 1.807) is 0 Å². The molecule has 0 amide bonds. The Hall–Kier alpha value is -1.31. The highest BCUT2D eigenvalue weighted by atomic mass is 14.9. The lowest BCUT2D eigenvalue weighted by Gasteiger charge is -2.27. The van der Waals surface area contributed by atoms with E-state index < -0.39 is 0 Å². The Labute approximate surface area is 104 Å². The van der Waals surface area contributed by atoms with Crippen molar-refractivity contribution in [2.75, 3.05) is 6.54 Å². The van der Waals surface area contributed by atoms with Crippen LogP contribution in [0.25, 0.3) is 0 Å². The maximum atomic E-state index is 6.01. The van der Waals surface area contributed by atoms with Crippen LogP contribution in [0.2, 0.25) is 0 Å². The minimum atomic E-state index is 0.684. The van der Waals surface area contributed by atoms with Crippen molar-refractivity contribution in [3.63, 3.8) is 0 Å². The second-order valence-corrected chi connectivity index (χ2v) is 5.11. The van der Waals surface area contributed by atoms with Crippen molar-refractivity contribution in [2.45, 2.75) is 32.6 Å². The minimum absolute atomic E-state index is 0.684. The molecule has 2 atom stereocenters. The second kappa shape index (κ2) is 5.85. The van der Waals surface area contributed by atoms with Crippen LogP contribution in [0, 0.1) is 11.8 Å². The van der Waals surface area contributed by atoms with E-state index in [0.717, 1.165) is 23.9 Å². The first kappa shape index (κ1) is 12.2. The number of benzene rings is 1. The Balaban J connectivity index is 1.96. The molecule has 1 aliphatic rings. The smallest absolute Gasteiger partial charge is 0.125 e. The van der Waals surface area contributed by atoms with Crippen molar-refractivity contribution in [3.05, 3.63) is 35.9 Å². The fraction of sp³-hybridized carbons (Fsp3) is 0.533. The van der Waals surface area contributed by atoms with E-state index in [1.807, 2.05) is 30.3 Å². The zero-order chi connectivity index (χ0) is 12.1. The molecule has 1 fully saturated rings. The van der Waals surface area contributed by atoms with Crippen molar-refractivity contribution in [3.8, 4) is 0 Å². The molecule has 2 nitrogen and oxygen atoms in total. The first-order valence-corrected chi connectivity index (χ1v) is 6.62. The van der Waals surface area contributed by atoms with Crippen LogP contribution < -0.4 is 5.73 Å². The third-order valence-electron chi connectivity index (χ3n) is 3.85. The number of nitrogens with zero attached hydrogens (tertiary/aromatic N) is 1. The molecule has 0 bridgehead atoms. The Kier molecular flexibility index (Phi) is 4.18. The van der Waals surface area contributed by atoms with E-state index in [9.17, 15) is 0 Å². The van der Waals surface area contributed by atoms with E-state index in [4.69, 9.17) is 5.73 Å². The van der Waals surface area contributed by atoms with Crippen molar-refractivity contribution in [1.29, 1.82) is 0 Å². The highest BCUT2D eigenvalue weighted by Gasteiger charge is 2.20. The first-order valence-electron chi connectivity index (χ1n) is 6.62. The van der Waals surface area contributed by atoms with Gasteiger partial charge in [-0.15, -0.1) is 0 Å². The number of amidine groups is 1. The molecular weight excluding hydrogens is 208 g/mol. The average Bonchev–Trinajstić information content (AvgIpc) is 2.38. The molecule has 0 saturated heterocycles. The average molecular weight is 230 g/mol. The molecule has 2 rings (SSSR count). The van der Waals surface area contributed by atoms with Gasteiger partial charge in [-0.05, 0) is 18.3 Å². The number of hydrogen-bond donors (Lipinski definition) is 1. The Morgan fingerprint density at radius 1 is 1.24 bits per heavy atom. The summed E-state index contributed by atoms with van der Waals surface area (Å²) in [4.78, 5) is 4.56. The van der Waals surface area contributed by atoms with Crippen molar-refractivity contribution in [1.82, 2.24) is 0 Å². The Morgan fingerprint density at radius 3 is 2.65 bits per heavy atom. The van der Waals surface area contributed by atoms with Crippen LogP contribution >= 0.6 is 0 Å². The molecule has 0 aromatic heterocycles. The number of nitrogens with two attached hydrogens (primary N) is 1. The predicted octanol–water partition coefficient (Wildman–Crippen LogP) is 3.22. The molecule has 2 heteroatoms. The Morgan fingerprint density at radius 2 is 1.94 bits per heavy atom. The van der Waals surface area contributed by atoms with Crippen LogP contribution in [0.1, 0.15) is 38.2 Å². The van der Waals surface area contributed by atoms with Gasteiger partial charge in [-0.2, -0.15) is 0 Å². The normalized spacial score (nSPS) is 25.8. The topological polar surface area (TPSA) is 38.4 Å². The fourth-order valence-electron chi connectivity index (χ4n) is 2.58. The molecule has 0 heterocycles. The summed E-state index contributed by atoms with van der Waals surface area (Å²) >= 11 is 0. The summed E-state index contributed by atoms with van der Waals surface area (Å²) in [5.74, 6) is 2.21. The van der Waals surface area contributed by atoms with E-state index in [0.29, 0.717) is 5.84 Å². The fourth-order valence-corrected chi connectivity index (χ4v) is 2.58. The van der Waals surface area contributed by atoms with E-state index in [1.165, 1.54) is 25.7 Å². The summed E-state index contributed by atoms with van der Waals surface area (Å²) in [6.45, 7) is 3.24. The molecule has 1 aliphatic carbocycles. The molecule has 1 aromatic carbocycles. The van der Waals surface area contributed by atoms with Crippen LogP contribution in [-0.4, -0.2) is 12.4 Å². The van der Waals surface area contributed by atoms with E-state index >= 15 is 0 Å². The minimum Gasteiger partial charge on any atom is -0.384 e. The van der Waals surface area contributed by atoms with Gasteiger partial charge in [-0.25, -0.2) is 0 Å². The van der Waals surface area contributed by atoms with Crippen molar-refractivity contribution < 1.29 is 0 Å². The zero-order valence-electron chi connectivity index (χ0n) is 10.6.